The van der Waals surface area contributed by atoms with Gasteiger partial charge in [-0.25, -0.2) is 0 Å². The molecular weight excluding hydrogens is 437 g/mol. The van der Waals surface area contributed by atoms with Gasteiger partial charge in [-0.05, 0) is 38.1 Å². The highest BCUT2D eigenvalue weighted by Gasteiger charge is 2.34. The predicted molar refractivity (Wildman–Crippen MR) is 97.0 cm³/mol. The minimum absolute atomic E-state index is 0.187. The van der Waals surface area contributed by atoms with Crippen LogP contribution >= 0.6 is 0 Å². The number of rotatable bonds is 10. The number of alkyl halides is 6. The van der Waals surface area contributed by atoms with Gasteiger partial charge in [0.15, 0.2) is 11.5 Å². The molecule has 0 aliphatic rings. The normalized spacial score (nSPS) is 11.5. The topological polar surface area (TPSA) is 55.4 Å². The smallest absolute Gasteiger partial charge is 0.526 e. The summed E-state index contributed by atoms with van der Waals surface area (Å²) in [5.74, 6) is -1.80. The van der Waals surface area contributed by atoms with Crippen LogP contribution in [0.25, 0.3) is 0 Å². The Morgan fingerprint density at radius 2 is 1.03 bits per heavy atom. The SMILES string of the molecule is CCOc1ccc(OC(F)(F)F)c(OBOc2cc(OCC)ccc2OC(F)(F)F)c1. The van der Waals surface area contributed by atoms with E-state index < -0.39 is 43.4 Å². The van der Waals surface area contributed by atoms with Crippen molar-refractivity contribution < 1.29 is 54.6 Å². The van der Waals surface area contributed by atoms with E-state index in [2.05, 4.69) is 9.47 Å². The van der Waals surface area contributed by atoms with Crippen LogP contribution in [0, 0.1) is 0 Å². The Labute approximate surface area is 173 Å². The molecule has 0 heterocycles. The summed E-state index contributed by atoms with van der Waals surface area (Å²) in [4.78, 5) is 0. The Bertz CT molecular complexity index is 789. The Kier molecular flexibility index (Phi) is 8.00. The Balaban J connectivity index is 2.21. The molecule has 0 saturated carbocycles. The lowest BCUT2D eigenvalue weighted by molar-refractivity contribution is -0.275. The fraction of sp³-hybridized carbons (Fsp3) is 0.333. The number of hydrogen-bond donors (Lipinski definition) is 0. The second kappa shape index (κ2) is 10.3. The maximum atomic E-state index is 12.6. The molecule has 0 amide bonds. The van der Waals surface area contributed by atoms with Crippen molar-refractivity contribution in [3.05, 3.63) is 36.4 Å². The van der Waals surface area contributed by atoms with Crippen LogP contribution in [0.15, 0.2) is 36.4 Å². The standard InChI is InChI=1S/C18H17BF6O6/c1-3-26-11-5-7-13(28-17(20,21)22)15(9-11)30-19-31-16-10-12(27-4-2)6-8-14(16)29-18(23,24)25/h5-10,19H,3-4H2,1-2H3. The van der Waals surface area contributed by atoms with Gasteiger partial charge < -0.3 is 28.3 Å². The quantitative estimate of drug-likeness (QED) is 0.372. The van der Waals surface area contributed by atoms with E-state index in [0.717, 1.165) is 24.3 Å². The van der Waals surface area contributed by atoms with E-state index in [4.69, 9.17) is 18.8 Å². The molecule has 0 atom stereocenters. The zero-order chi connectivity index (χ0) is 23.1. The Hall–Kier alpha value is -3.12. The van der Waals surface area contributed by atoms with Gasteiger partial charge >= 0.3 is 20.4 Å². The fourth-order valence-electron chi connectivity index (χ4n) is 2.29. The third kappa shape index (κ3) is 8.26. The maximum Gasteiger partial charge on any atom is 0.576 e. The first-order valence-corrected chi connectivity index (χ1v) is 8.81. The molecule has 0 aliphatic heterocycles. The highest BCUT2D eigenvalue weighted by Crippen LogP contribution is 2.37. The van der Waals surface area contributed by atoms with E-state index in [-0.39, 0.29) is 24.7 Å². The zero-order valence-corrected chi connectivity index (χ0v) is 16.3. The van der Waals surface area contributed by atoms with Crippen LogP contribution in [0.3, 0.4) is 0 Å². The molecule has 6 nitrogen and oxygen atoms in total. The zero-order valence-electron chi connectivity index (χ0n) is 16.3. The maximum absolute atomic E-state index is 12.6. The third-order valence-electron chi connectivity index (χ3n) is 3.33. The number of ether oxygens (including phenoxy) is 4. The number of hydrogen-bond acceptors (Lipinski definition) is 6. The molecule has 0 N–H and O–H groups in total. The van der Waals surface area contributed by atoms with Crippen LogP contribution in [-0.2, 0) is 0 Å². The molecule has 0 spiro atoms. The van der Waals surface area contributed by atoms with Crippen molar-refractivity contribution in [2.45, 2.75) is 26.6 Å². The first-order valence-electron chi connectivity index (χ1n) is 8.81. The minimum Gasteiger partial charge on any atom is -0.526 e. The van der Waals surface area contributed by atoms with E-state index in [9.17, 15) is 26.3 Å². The first kappa shape index (κ1) is 24.2. The summed E-state index contributed by atoms with van der Waals surface area (Å²) >= 11 is 0. The van der Waals surface area contributed by atoms with E-state index in [1.165, 1.54) is 12.1 Å². The molecule has 0 aromatic heterocycles. The predicted octanol–water partition coefficient (Wildman–Crippen LogP) is 5.01. The second-order valence-electron chi connectivity index (χ2n) is 5.59. The average Bonchev–Trinajstić information content (AvgIpc) is 2.64. The average molecular weight is 454 g/mol. The largest absolute Gasteiger partial charge is 0.576 e. The second-order valence-corrected chi connectivity index (χ2v) is 5.59. The molecule has 31 heavy (non-hydrogen) atoms. The number of halogens is 6. The van der Waals surface area contributed by atoms with Gasteiger partial charge in [-0.15, -0.1) is 26.3 Å². The highest BCUT2D eigenvalue weighted by molar-refractivity contribution is 6.21. The van der Waals surface area contributed by atoms with Crippen LogP contribution in [0.1, 0.15) is 13.8 Å². The van der Waals surface area contributed by atoms with Gasteiger partial charge in [0.25, 0.3) is 0 Å². The summed E-state index contributed by atoms with van der Waals surface area (Å²) in [5.41, 5.74) is 0. The minimum atomic E-state index is -4.99. The Morgan fingerprint density at radius 3 is 1.35 bits per heavy atom. The van der Waals surface area contributed by atoms with Crippen molar-refractivity contribution in [2.24, 2.45) is 0 Å². The van der Waals surface area contributed by atoms with Crippen molar-refractivity contribution >= 4 is 7.69 Å². The van der Waals surface area contributed by atoms with Gasteiger partial charge in [-0.3, -0.25) is 0 Å². The molecule has 170 valence electrons. The lowest BCUT2D eigenvalue weighted by Gasteiger charge is -2.17. The van der Waals surface area contributed by atoms with Crippen molar-refractivity contribution in [3.63, 3.8) is 0 Å². The molecule has 2 rings (SSSR count). The van der Waals surface area contributed by atoms with E-state index in [1.807, 2.05) is 0 Å². The molecule has 2 aromatic rings. The fourth-order valence-corrected chi connectivity index (χ4v) is 2.29. The summed E-state index contributed by atoms with van der Waals surface area (Å²) in [6.07, 6.45) is -9.99. The van der Waals surface area contributed by atoms with Crippen molar-refractivity contribution in [2.75, 3.05) is 13.2 Å². The van der Waals surface area contributed by atoms with Gasteiger partial charge in [-0.2, -0.15) is 0 Å². The number of benzene rings is 2. The summed E-state index contributed by atoms with van der Waals surface area (Å²) in [6.45, 7) is 3.80. The van der Waals surface area contributed by atoms with E-state index >= 15 is 0 Å². The van der Waals surface area contributed by atoms with Crippen LogP contribution in [0.5, 0.6) is 34.5 Å². The lowest BCUT2D eigenvalue weighted by atomic mass is 10.2. The van der Waals surface area contributed by atoms with Gasteiger partial charge in [0.05, 0.1) is 13.2 Å². The monoisotopic (exact) mass is 454 g/mol. The molecule has 2 aromatic carbocycles. The van der Waals surface area contributed by atoms with E-state index in [0.29, 0.717) is 0 Å². The Morgan fingerprint density at radius 1 is 0.645 bits per heavy atom. The van der Waals surface area contributed by atoms with Crippen LogP contribution < -0.4 is 28.3 Å². The third-order valence-corrected chi connectivity index (χ3v) is 3.33. The van der Waals surface area contributed by atoms with E-state index in [1.54, 1.807) is 13.8 Å². The highest BCUT2D eigenvalue weighted by atomic mass is 19.4. The van der Waals surface area contributed by atoms with Gasteiger partial charge in [0.2, 0.25) is 0 Å². The summed E-state index contributed by atoms with van der Waals surface area (Å²) in [6, 6.07) is 6.66. The van der Waals surface area contributed by atoms with Gasteiger partial charge in [-0.1, -0.05) is 0 Å². The molecular formula is C18H17BF6O6. The molecule has 0 bridgehead atoms. The van der Waals surface area contributed by atoms with Gasteiger partial charge in [0, 0.05) is 12.1 Å². The first-order chi connectivity index (χ1) is 14.5. The van der Waals surface area contributed by atoms with Crippen molar-refractivity contribution in [3.8, 4) is 34.5 Å². The van der Waals surface area contributed by atoms with Crippen molar-refractivity contribution in [1.82, 2.24) is 0 Å². The van der Waals surface area contributed by atoms with Crippen LogP contribution in [0.2, 0.25) is 0 Å². The molecule has 0 fully saturated rings. The molecule has 0 unspecified atom stereocenters. The van der Waals surface area contributed by atoms with Crippen LogP contribution in [0.4, 0.5) is 26.3 Å². The summed E-state index contributed by atoms with van der Waals surface area (Å²) in [7, 11) is -0.770. The van der Waals surface area contributed by atoms with Crippen molar-refractivity contribution in [1.29, 1.82) is 0 Å². The summed E-state index contributed by atoms with van der Waals surface area (Å²) < 4.78 is 104. The lowest BCUT2D eigenvalue weighted by Crippen LogP contribution is -2.20. The molecule has 13 heteroatoms. The molecule has 0 radical (unpaired) electrons. The van der Waals surface area contributed by atoms with Crippen LogP contribution in [-0.4, -0.2) is 33.6 Å². The van der Waals surface area contributed by atoms with Gasteiger partial charge in [0.1, 0.15) is 23.0 Å². The molecule has 0 saturated heterocycles. The molecule has 0 aliphatic carbocycles. The summed E-state index contributed by atoms with van der Waals surface area (Å²) in [5, 5.41) is 0.